The van der Waals surface area contributed by atoms with Gasteiger partial charge in [-0.2, -0.15) is 0 Å². The molecule has 0 saturated carbocycles. The van der Waals surface area contributed by atoms with E-state index in [0.717, 1.165) is 16.4 Å². The number of aromatic nitrogens is 3. The summed E-state index contributed by atoms with van der Waals surface area (Å²) in [5.41, 5.74) is 7.07. The molecule has 13 heavy (non-hydrogen) atoms. The van der Waals surface area contributed by atoms with E-state index in [9.17, 15) is 0 Å². The third-order valence-corrected chi connectivity index (χ3v) is 2.31. The van der Waals surface area contributed by atoms with E-state index in [1.54, 1.807) is 17.5 Å². The standard InChI is InChI=1S/C8H8N4S/c1-5-11-7(4-13-5)6-2-10-3-8(9)12-6/h2-4H,1H3,(H2,9,12). The maximum Gasteiger partial charge on any atom is 0.142 e. The summed E-state index contributed by atoms with van der Waals surface area (Å²) in [5, 5.41) is 2.96. The van der Waals surface area contributed by atoms with Gasteiger partial charge in [-0.15, -0.1) is 11.3 Å². The Labute approximate surface area is 79.5 Å². The summed E-state index contributed by atoms with van der Waals surface area (Å²) in [6.07, 6.45) is 3.17. The van der Waals surface area contributed by atoms with Crippen molar-refractivity contribution >= 4 is 17.2 Å². The van der Waals surface area contributed by atoms with Crippen LogP contribution in [0.5, 0.6) is 0 Å². The van der Waals surface area contributed by atoms with Crippen LogP contribution < -0.4 is 5.73 Å². The lowest BCUT2D eigenvalue weighted by Crippen LogP contribution is -1.93. The zero-order valence-corrected chi connectivity index (χ0v) is 7.88. The van der Waals surface area contributed by atoms with Gasteiger partial charge < -0.3 is 5.73 Å². The number of aryl methyl sites for hydroxylation is 1. The highest BCUT2D eigenvalue weighted by Gasteiger charge is 2.03. The Bertz CT molecular complexity index is 424. The highest BCUT2D eigenvalue weighted by Crippen LogP contribution is 2.18. The Morgan fingerprint density at radius 2 is 2.08 bits per heavy atom. The summed E-state index contributed by atoms with van der Waals surface area (Å²) in [4.78, 5) is 12.3. The molecule has 0 aliphatic carbocycles. The summed E-state index contributed by atoms with van der Waals surface area (Å²) in [5.74, 6) is 0.420. The van der Waals surface area contributed by atoms with E-state index in [4.69, 9.17) is 5.73 Å². The fourth-order valence-electron chi connectivity index (χ4n) is 0.986. The topological polar surface area (TPSA) is 64.7 Å². The van der Waals surface area contributed by atoms with Gasteiger partial charge in [0, 0.05) is 5.38 Å². The Hall–Kier alpha value is -1.49. The van der Waals surface area contributed by atoms with Crippen molar-refractivity contribution in [3.05, 3.63) is 22.8 Å². The molecule has 2 heterocycles. The van der Waals surface area contributed by atoms with Crippen LogP contribution in [0.2, 0.25) is 0 Å². The van der Waals surface area contributed by atoms with Crippen molar-refractivity contribution < 1.29 is 0 Å². The smallest absolute Gasteiger partial charge is 0.142 e. The predicted octanol–water partition coefficient (Wildman–Crippen LogP) is 1.49. The van der Waals surface area contributed by atoms with Gasteiger partial charge in [-0.25, -0.2) is 9.97 Å². The Balaban J connectivity index is 2.46. The highest BCUT2D eigenvalue weighted by atomic mass is 32.1. The molecule has 0 spiro atoms. The molecule has 2 rings (SSSR count). The maximum atomic E-state index is 5.50. The second kappa shape index (κ2) is 3.10. The summed E-state index contributed by atoms with van der Waals surface area (Å²) in [6.45, 7) is 1.95. The molecule has 0 atom stereocenters. The number of hydrogen-bond donors (Lipinski definition) is 1. The van der Waals surface area contributed by atoms with E-state index in [0.29, 0.717) is 5.82 Å². The SMILES string of the molecule is Cc1nc(-c2cncc(N)n2)cs1. The van der Waals surface area contributed by atoms with E-state index >= 15 is 0 Å². The quantitative estimate of drug-likeness (QED) is 0.743. The molecular formula is C8H8N4S. The summed E-state index contributed by atoms with van der Waals surface area (Å²) in [7, 11) is 0. The third kappa shape index (κ3) is 1.65. The van der Waals surface area contributed by atoms with Crippen molar-refractivity contribution in [3.63, 3.8) is 0 Å². The normalized spacial score (nSPS) is 10.2. The largest absolute Gasteiger partial charge is 0.382 e. The molecule has 4 nitrogen and oxygen atoms in total. The molecule has 5 heteroatoms. The minimum Gasteiger partial charge on any atom is -0.382 e. The van der Waals surface area contributed by atoms with Gasteiger partial charge in [0.05, 0.1) is 17.4 Å². The van der Waals surface area contributed by atoms with Gasteiger partial charge in [-0.1, -0.05) is 0 Å². The van der Waals surface area contributed by atoms with E-state index in [1.165, 1.54) is 6.20 Å². The van der Waals surface area contributed by atoms with Gasteiger partial charge in [-0.3, -0.25) is 4.98 Å². The van der Waals surface area contributed by atoms with Gasteiger partial charge in [0.1, 0.15) is 17.2 Å². The molecular weight excluding hydrogens is 184 g/mol. The zero-order valence-electron chi connectivity index (χ0n) is 7.06. The Morgan fingerprint density at radius 3 is 2.69 bits per heavy atom. The first kappa shape index (κ1) is 8.12. The average molecular weight is 192 g/mol. The number of nitrogens with zero attached hydrogens (tertiary/aromatic N) is 3. The van der Waals surface area contributed by atoms with Crippen LogP contribution in [-0.4, -0.2) is 15.0 Å². The average Bonchev–Trinajstić information content (AvgIpc) is 2.52. The highest BCUT2D eigenvalue weighted by molar-refractivity contribution is 7.09. The molecule has 66 valence electrons. The van der Waals surface area contributed by atoms with Gasteiger partial charge >= 0.3 is 0 Å². The van der Waals surface area contributed by atoms with Crippen molar-refractivity contribution in [2.45, 2.75) is 6.92 Å². The van der Waals surface area contributed by atoms with Crippen LogP contribution >= 0.6 is 11.3 Å². The molecule has 2 aromatic rings. The Morgan fingerprint density at radius 1 is 1.23 bits per heavy atom. The molecule has 0 saturated heterocycles. The monoisotopic (exact) mass is 192 g/mol. The number of nitrogens with two attached hydrogens (primary N) is 1. The minimum absolute atomic E-state index is 0.420. The Kier molecular flexibility index (Phi) is 1.94. The molecule has 0 unspecified atom stereocenters. The van der Waals surface area contributed by atoms with Crippen LogP contribution in [0, 0.1) is 6.92 Å². The van der Waals surface area contributed by atoms with Gasteiger partial charge in [-0.05, 0) is 6.92 Å². The third-order valence-electron chi connectivity index (χ3n) is 1.53. The maximum absolute atomic E-state index is 5.50. The number of thiazole rings is 1. The lowest BCUT2D eigenvalue weighted by atomic mass is 10.3. The van der Waals surface area contributed by atoms with E-state index in [2.05, 4.69) is 15.0 Å². The van der Waals surface area contributed by atoms with Crippen LogP contribution in [0.1, 0.15) is 5.01 Å². The van der Waals surface area contributed by atoms with Crippen molar-refractivity contribution in [2.24, 2.45) is 0 Å². The second-order valence-corrected chi connectivity index (χ2v) is 3.64. The fourth-order valence-corrected chi connectivity index (χ4v) is 1.59. The van der Waals surface area contributed by atoms with Crippen LogP contribution in [-0.2, 0) is 0 Å². The second-order valence-electron chi connectivity index (χ2n) is 2.58. The van der Waals surface area contributed by atoms with Crippen molar-refractivity contribution in [3.8, 4) is 11.4 Å². The van der Waals surface area contributed by atoms with E-state index in [-0.39, 0.29) is 0 Å². The van der Waals surface area contributed by atoms with Crippen LogP contribution in [0.3, 0.4) is 0 Å². The first-order valence-electron chi connectivity index (χ1n) is 3.76. The lowest BCUT2D eigenvalue weighted by molar-refractivity contribution is 1.18. The molecule has 2 N–H and O–H groups in total. The molecule has 0 bridgehead atoms. The molecule has 0 radical (unpaired) electrons. The zero-order chi connectivity index (χ0) is 9.26. The van der Waals surface area contributed by atoms with Crippen molar-refractivity contribution in [1.82, 2.24) is 15.0 Å². The fraction of sp³-hybridized carbons (Fsp3) is 0.125. The van der Waals surface area contributed by atoms with Crippen LogP contribution in [0.4, 0.5) is 5.82 Å². The first-order valence-corrected chi connectivity index (χ1v) is 4.64. The molecule has 0 aromatic carbocycles. The number of rotatable bonds is 1. The molecule has 0 fully saturated rings. The van der Waals surface area contributed by atoms with Gasteiger partial charge in [0.15, 0.2) is 0 Å². The number of anilines is 1. The molecule has 0 aliphatic rings. The minimum atomic E-state index is 0.420. The predicted molar refractivity (Wildman–Crippen MR) is 52.3 cm³/mol. The first-order chi connectivity index (χ1) is 6.25. The lowest BCUT2D eigenvalue weighted by Gasteiger charge is -1.95. The van der Waals surface area contributed by atoms with Gasteiger partial charge in [0.25, 0.3) is 0 Å². The summed E-state index contributed by atoms with van der Waals surface area (Å²) in [6, 6.07) is 0. The molecule has 0 aliphatic heterocycles. The van der Waals surface area contributed by atoms with Crippen LogP contribution in [0.25, 0.3) is 11.4 Å². The van der Waals surface area contributed by atoms with Crippen LogP contribution in [0.15, 0.2) is 17.8 Å². The number of nitrogen functional groups attached to an aromatic ring is 1. The van der Waals surface area contributed by atoms with Crippen molar-refractivity contribution in [1.29, 1.82) is 0 Å². The van der Waals surface area contributed by atoms with Gasteiger partial charge in [0.2, 0.25) is 0 Å². The van der Waals surface area contributed by atoms with Crippen molar-refractivity contribution in [2.75, 3.05) is 5.73 Å². The van der Waals surface area contributed by atoms with E-state index in [1.807, 2.05) is 12.3 Å². The number of hydrogen-bond acceptors (Lipinski definition) is 5. The summed E-state index contributed by atoms with van der Waals surface area (Å²) < 4.78 is 0. The summed E-state index contributed by atoms with van der Waals surface area (Å²) >= 11 is 1.59. The van der Waals surface area contributed by atoms with E-state index < -0.39 is 0 Å². The molecule has 0 amide bonds. The molecule has 2 aromatic heterocycles.